The molecule has 0 bridgehead atoms. The normalized spacial score (nSPS) is 12.2. The highest BCUT2D eigenvalue weighted by atomic mass is 16.5. The van der Waals surface area contributed by atoms with Gasteiger partial charge in [0, 0.05) is 11.6 Å². The number of hydrogen-bond acceptors (Lipinski definition) is 4. The summed E-state index contributed by atoms with van der Waals surface area (Å²) in [7, 11) is 0. The van der Waals surface area contributed by atoms with Crippen LogP contribution in [0.25, 0.3) is 0 Å². The van der Waals surface area contributed by atoms with Crippen LogP contribution in [0.5, 0.6) is 0 Å². The number of rotatable bonds is 4. The van der Waals surface area contributed by atoms with Crippen LogP contribution in [0.3, 0.4) is 0 Å². The van der Waals surface area contributed by atoms with Crippen molar-refractivity contribution >= 4 is 11.9 Å². The molecular weight excluding hydrogens is 212 g/mol. The number of amides is 1. The number of carbonyl (C=O) groups is 2. The molecule has 0 radical (unpaired) electrons. The van der Waals surface area contributed by atoms with E-state index >= 15 is 0 Å². The fourth-order valence-electron chi connectivity index (χ4n) is 1.23. The maximum atomic E-state index is 11.6. The zero-order valence-electron chi connectivity index (χ0n) is 9.40. The first-order chi connectivity index (χ1) is 7.41. The number of hydrogen-bond donors (Lipinski definition) is 2. The van der Waals surface area contributed by atoms with Crippen molar-refractivity contribution in [3.8, 4) is 0 Å². The summed E-state index contributed by atoms with van der Waals surface area (Å²) in [6.07, 6.45) is -0.123. The number of carbonyl (C=O) groups excluding carboxylic acids is 1. The van der Waals surface area contributed by atoms with E-state index in [1.54, 1.807) is 20.8 Å². The molecule has 0 aromatic carbocycles. The summed E-state index contributed by atoms with van der Waals surface area (Å²) in [5.74, 6) is -0.792. The molecule has 0 aliphatic rings. The van der Waals surface area contributed by atoms with Crippen LogP contribution >= 0.6 is 0 Å². The summed E-state index contributed by atoms with van der Waals surface area (Å²) in [5, 5.41) is 14.7. The Hall–Kier alpha value is -1.85. The van der Waals surface area contributed by atoms with Gasteiger partial charge in [0.05, 0.1) is 6.42 Å². The summed E-state index contributed by atoms with van der Waals surface area (Å²) >= 11 is 0. The van der Waals surface area contributed by atoms with Gasteiger partial charge < -0.3 is 14.9 Å². The Labute approximate surface area is 92.6 Å². The zero-order chi connectivity index (χ0) is 12.3. The fourth-order valence-corrected chi connectivity index (χ4v) is 1.23. The Bertz CT molecular complexity index is 411. The SMILES string of the molecule is Cc1onc(C(=O)NC(C)CC(=O)O)c1C. The third-order valence-corrected chi connectivity index (χ3v) is 2.23. The van der Waals surface area contributed by atoms with Gasteiger partial charge in [-0.2, -0.15) is 0 Å². The molecule has 0 saturated carbocycles. The second kappa shape index (κ2) is 4.78. The van der Waals surface area contributed by atoms with E-state index in [1.165, 1.54) is 0 Å². The Morgan fingerprint density at radius 2 is 2.12 bits per heavy atom. The lowest BCUT2D eigenvalue weighted by Crippen LogP contribution is -2.34. The van der Waals surface area contributed by atoms with Gasteiger partial charge in [-0.1, -0.05) is 5.16 Å². The van der Waals surface area contributed by atoms with Crippen molar-refractivity contribution in [3.63, 3.8) is 0 Å². The molecule has 1 heterocycles. The quantitative estimate of drug-likeness (QED) is 0.795. The molecule has 0 aliphatic carbocycles. The van der Waals surface area contributed by atoms with Gasteiger partial charge in [0.2, 0.25) is 0 Å². The average Bonchev–Trinajstić information content (AvgIpc) is 2.45. The van der Waals surface area contributed by atoms with Crippen LogP contribution in [0.1, 0.15) is 35.2 Å². The van der Waals surface area contributed by atoms with E-state index < -0.39 is 17.9 Å². The number of aromatic nitrogens is 1. The van der Waals surface area contributed by atoms with Crippen molar-refractivity contribution in [2.75, 3.05) is 0 Å². The van der Waals surface area contributed by atoms with Crippen LogP contribution < -0.4 is 5.32 Å². The van der Waals surface area contributed by atoms with Crippen LogP contribution in [0.2, 0.25) is 0 Å². The Morgan fingerprint density at radius 3 is 2.56 bits per heavy atom. The Balaban J connectivity index is 2.66. The molecule has 0 spiro atoms. The van der Waals surface area contributed by atoms with E-state index in [1.807, 2.05) is 0 Å². The molecule has 1 rings (SSSR count). The number of carboxylic acids is 1. The molecule has 1 atom stereocenters. The van der Waals surface area contributed by atoms with Gasteiger partial charge in [-0.3, -0.25) is 9.59 Å². The lowest BCUT2D eigenvalue weighted by molar-refractivity contribution is -0.137. The molecule has 6 nitrogen and oxygen atoms in total. The average molecular weight is 226 g/mol. The highest BCUT2D eigenvalue weighted by Gasteiger charge is 2.18. The van der Waals surface area contributed by atoms with E-state index in [-0.39, 0.29) is 12.1 Å². The molecule has 1 aromatic rings. The lowest BCUT2D eigenvalue weighted by atomic mass is 10.2. The van der Waals surface area contributed by atoms with Gasteiger partial charge in [-0.15, -0.1) is 0 Å². The minimum absolute atomic E-state index is 0.123. The topological polar surface area (TPSA) is 92.4 Å². The summed E-state index contributed by atoms with van der Waals surface area (Å²) in [5.41, 5.74) is 0.870. The van der Waals surface area contributed by atoms with Crippen LogP contribution in [-0.2, 0) is 4.79 Å². The number of aliphatic carboxylic acids is 1. The number of nitrogens with zero attached hydrogens (tertiary/aromatic N) is 1. The van der Waals surface area contributed by atoms with Gasteiger partial charge in [-0.05, 0) is 20.8 Å². The van der Waals surface area contributed by atoms with Crippen molar-refractivity contribution in [2.24, 2.45) is 0 Å². The van der Waals surface area contributed by atoms with Crippen LogP contribution in [0.15, 0.2) is 4.52 Å². The highest BCUT2D eigenvalue weighted by Crippen LogP contribution is 2.11. The summed E-state index contributed by atoms with van der Waals surface area (Å²) in [6.45, 7) is 5.05. The first-order valence-corrected chi connectivity index (χ1v) is 4.87. The van der Waals surface area contributed by atoms with Crippen molar-refractivity contribution in [1.29, 1.82) is 0 Å². The van der Waals surface area contributed by atoms with Crippen molar-refractivity contribution in [1.82, 2.24) is 10.5 Å². The number of aryl methyl sites for hydroxylation is 1. The Morgan fingerprint density at radius 1 is 1.50 bits per heavy atom. The molecular formula is C10H14N2O4. The van der Waals surface area contributed by atoms with E-state index in [0.717, 1.165) is 0 Å². The molecule has 0 aliphatic heterocycles. The smallest absolute Gasteiger partial charge is 0.305 e. The third-order valence-electron chi connectivity index (χ3n) is 2.23. The maximum absolute atomic E-state index is 11.6. The number of nitrogens with one attached hydrogen (secondary N) is 1. The maximum Gasteiger partial charge on any atom is 0.305 e. The molecule has 1 amide bonds. The predicted molar refractivity (Wildman–Crippen MR) is 55.2 cm³/mol. The molecule has 6 heteroatoms. The Kier molecular flexibility index (Phi) is 3.65. The molecule has 0 saturated heterocycles. The van der Waals surface area contributed by atoms with Gasteiger partial charge in [0.25, 0.3) is 5.91 Å². The zero-order valence-corrected chi connectivity index (χ0v) is 9.40. The molecule has 16 heavy (non-hydrogen) atoms. The van der Waals surface area contributed by atoms with Gasteiger partial charge in [-0.25, -0.2) is 0 Å². The molecule has 1 aromatic heterocycles. The lowest BCUT2D eigenvalue weighted by Gasteiger charge is -2.09. The minimum Gasteiger partial charge on any atom is -0.481 e. The van der Waals surface area contributed by atoms with Crippen LogP contribution in [0.4, 0.5) is 0 Å². The van der Waals surface area contributed by atoms with Gasteiger partial charge in [0.15, 0.2) is 5.69 Å². The summed E-state index contributed by atoms with van der Waals surface area (Å²) in [6, 6.07) is -0.443. The van der Waals surface area contributed by atoms with Gasteiger partial charge in [0.1, 0.15) is 5.76 Å². The highest BCUT2D eigenvalue weighted by molar-refractivity contribution is 5.94. The fraction of sp³-hybridized carbons (Fsp3) is 0.500. The van der Waals surface area contributed by atoms with Crippen molar-refractivity contribution in [3.05, 3.63) is 17.0 Å². The van der Waals surface area contributed by atoms with Crippen molar-refractivity contribution < 1.29 is 19.2 Å². The third kappa shape index (κ3) is 2.82. The minimum atomic E-state index is -0.958. The van der Waals surface area contributed by atoms with Crippen LogP contribution in [-0.4, -0.2) is 28.2 Å². The summed E-state index contributed by atoms with van der Waals surface area (Å²) in [4.78, 5) is 22.1. The monoisotopic (exact) mass is 226 g/mol. The van der Waals surface area contributed by atoms with E-state index in [0.29, 0.717) is 11.3 Å². The van der Waals surface area contributed by atoms with E-state index in [4.69, 9.17) is 9.63 Å². The molecule has 2 N–H and O–H groups in total. The molecule has 1 unspecified atom stereocenters. The van der Waals surface area contributed by atoms with Gasteiger partial charge >= 0.3 is 5.97 Å². The largest absolute Gasteiger partial charge is 0.481 e. The standard InChI is InChI=1S/C10H14N2O4/c1-5(4-8(13)14)11-10(15)9-6(2)7(3)16-12-9/h5H,4H2,1-3H3,(H,11,15)(H,13,14). The first-order valence-electron chi connectivity index (χ1n) is 4.87. The van der Waals surface area contributed by atoms with E-state index in [2.05, 4.69) is 10.5 Å². The van der Waals surface area contributed by atoms with Crippen LogP contribution in [0, 0.1) is 13.8 Å². The first kappa shape index (κ1) is 12.2. The molecule has 88 valence electrons. The summed E-state index contributed by atoms with van der Waals surface area (Å²) < 4.78 is 4.85. The molecule has 0 fully saturated rings. The van der Waals surface area contributed by atoms with Crippen molar-refractivity contribution in [2.45, 2.75) is 33.2 Å². The van der Waals surface area contributed by atoms with E-state index in [9.17, 15) is 9.59 Å². The predicted octanol–water partition coefficient (Wildman–Crippen LogP) is 0.884. The second-order valence-corrected chi connectivity index (χ2v) is 3.68. The second-order valence-electron chi connectivity index (χ2n) is 3.68. The number of carboxylic acid groups (broad SMARTS) is 1.